The molecule has 0 radical (unpaired) electrons. The molecule has 2 unspecified atom stereocenters. The Morgan fingerprint density at radius 3 is 2.87 bits per heavy atom. The molecule has 2 rings (SSSR count). The molecule has 1 aromatic heterocycles. The van der Waals surface area contributed by atoms with Crippen molar-refractivity contribution in [2.75, 3.05) is 6.54 Å². The van der Waals surface area contributed by atoms with Crippen molar-refractivity contribution in [3.63, 3.8) is 0 Å². The van der Waals surface area contributed by atoms with Crippen LogP contribution in [0.1, 0.15) is 25.6 Å². The van der Waals surface area contributed by atoms with Crippen molar-refractivity contribution < 1.29 is 4.79 Å². The topological polar surface area (TPSA) is 56.9 Å². The van der Waals surface area contributed by atoms with Crippen LogP contribution in [0.15, 0.2) is 18.3 Å². The lowest BCUT2D eigenvalue weighted by molar-refractivity contribution is -0.126. The maximum atomic E-state index is 11.6. The fourth-order valence-corrected chi connectivity index (χ4v) is 1.92. The van der Waals surface area contributed by atoms with Crippen molar-refractivity contribution in [3.8, 4) is 0 Å². The van der Waals surface area contributed by atoms with Crippen molar-refractivity contribution in [2.45, 2.75) is 25.9 Å². The van der Waals surface area contributed by atoms with Gasteiger partial charge in [0.2, 0.25) is 5.91 Å². The third-order valence-electron chi connectivity index (χ3n) is 2.81. The highest BCUT2D eigenvalue weighted by molar-refractivity contribution is 5.82. The average molecular weight is 207 g/mol. The van der Waals surface area contributed by atoms with E-state index in [4.69, 9.17) is 0 Å². The summed E-state index contributed by atoms with van der Waals surface area (Å²) in [6, 6.07) is 4.11. The summed E-state index contributed by atoms with van der Waals surface area (Å²) >= 11 is 0. The SMILES string of the molecule is CC(C)C1NC(c2ccc[nH]2)CNC1=O. The summed E-state index contributed by atoms with van der Waals surface area (Å²) < 4.78 is 0. The van der Waals surface area contributed by atoms with Gasteiger partial charge in [0.25, 0.3) is 0 Å². The van der Waals surface area contributed by atoms with Crippen LogP contribution in [0.3, 0.4) is 0 Å². The van der Waals surface area contributed by atoms with E-state index in [0.717, 1.165) is 5.69 Å². The van der Waals surface area contributed by atoms with Crippen molar-refractivity contribution in [2.24, 2.45) is 5.92 Å². The van der Waals surface area contributed by atoms with Crippen molar-refractivity contribution >= 4 is 5.91 Å². The van der Waals surface area contributed by atoms with E-state index in [1.165, 1.54) is 0 Å². The van der Waals surface area contributed by atoms with E-state index in [2.05, 4.69) is 15.6 Å². The van der Waals surface area contributed by atoms with Crippen LogP contribution in [-0.4, -0.2) is 23.5 Å². The fraction of sp³-hybridized carbons (Fsp3) is 0.545. The standard InChI is InChI=1S/C11H17N3O/c1-7(2)10-11(15)13-6-9(14-10)8-4-3-5-12-8/h3-5,7,9-10,12,14H,6H2,1-2H3,(H,13,15). The largest absolute Gasteiger partial charge is 0.364 e. The first-order valence-corrected chi connectivity index (χ1v) is 5.35. The van der Waals surface area contributed by atoms with Crippen molar-refractivity contribution in [3.05, 3.63) is 24.0 Å². The van der Waals surface area contributed by atoms with Crippen LogP contribution < -0.4 is 10.6 Å². The van der Waals surface area contributed by atoms with Crippen LogP contribution >= 0.6 is 0 Å². The average Bonchev–Trinajstić information content (AvgIpc) is 2.71. The minimum absolute atomic E-state index is 0.0907. The molecular weight excluding hydrogens is 190 g/mol. The van der Waals surface area contributed by atoms with Gasteiger partial charge in [-0.25, -0.2) is 0 Å². The third-order valence-corrected chi connectivity index (χ3v) is 2.81. The fourth-order valence-electron chi connectivity index (χ4n) is 1.92. The zero-order chi connectivity index (χ0) is 10.8. The number of carbonyl (C=O) groups is 1. The second kappa shape index (κ2) is 4.06. The van der Waals surface area contributed by atoms with E-state index in [0.29, 0.717) is 12.5 Å². The van der Waals surface area contributed by atoms with Crippen LogP contribution in [0.25, 0.3) is 0 Å². The van der Waals surface area contributed by atoms with Crippen LogP contribution in [0.2, 0.25) is 0 Å². The van der Waals surface area contributed by atoms with E-state index in [-0.39, 0.29) is 18.0 Å². The number of aromatic nitrogens is 1. The van der Waals surface area contributed by atoms with Crippen LogP contribution in [0.5, 0.6) is 0 Å². The molecule has 0 spiro atoms. The van der Waals surface area contributed by atoms with Crippen LogP contribution in [0.4, 0.5) is 0 Å². The van der Waals surface area contributed by atoms with Gasteiger partial charge in [0.1, 0.15) is 0 Å². The number of H-pyrrole nitrogens is 1. The first-order valence-electron chi connectivity index (χ1n) is 5.35. The molecule has 1 saturated heterocycles. The molecule has 1 aromatic rings. The molecule has 4 nitrogen and oxygen atoms in total. The maximum Gasteiger partial charge on any atom is 0.237 e. The Bertz CT molecular complexity index is 332. The highest BCUT2D eigenvalue weighted by atomic mass is 16.2. The molecule has 0 aliphatic carbocycles. The second-order valence-corrected chi connectivity index (χ2v) is 4.31. The molecule has 2 atom stereocenters. The number of hydrogen-bond acceptors (Lipinski definition) is 2. The van der Waals surface area contributed by atoms with E-state index in [1.54, 1.807) is 0 Å². The summed E-state index contributed by atoms with van der Waals surface area (Å²) in [5.41, 5.74) is 1.13. The quantitative estimate of drug-likeness (QED) is 0.672. The minimum Gasteiger partial charge on any atom is -0.364 e. The smallest absolute Gasteiger partial charge is 0.237 e. The van der Waals surface area contributed by atoms with Crippen LogP contribution in [-0.2, 0) is 4.79 Å². The normalized spacial score (nSPS) is 26.7. The Balaban J connectivity index is 2.09. The summed E-state index contributed by atoms with van der Waals surface area (Å²) in [4.78, 5) is 14.7. The van der Waals surface area contributed by atoms with E-state index in [1.807, 2.05) is 32.2 Å². The molecule has 82 valence electrons. The van der Waals surface area contributed by atoms with E-state index < -0.39 is 0 Å². The molecule has 4 heteroatoms. The number of hydrogen-bond donors (Lipinski definition) is 3. The van der Waals surface area contributed by atoms with Crippen LogP contribution in [0, 0.1) is 5.92 Å². The predicted molar refractivity (Wildman–Crippen MR) is 58.3 cm³/mol. The number of piperazine rings is 1. The van der Waals surface area contributed by atoms with Crippen molar-refractivity contribution in [1.82, 2.24) is 15.6 Å². The molecule has 1 fully saturated rings. The lowest BCUT2D eigenvalue weighted by Gasteiger charge is -2.32. The van der Waals surface area contributed by atoms with Gasteiger partial charge in [0.05, 0.1) is 12.1 Å². The number of amides is 1. The second-order valence-electron chi connectivity index (χ2n) is 4.31. The molecular formula is C11H17N3O. The highest BCUT2D eigenvalue weighted by Gasteiger charge is 2.30. The Morgan fingerprint density at radius 1 is 1.47 bits per heavy atom. The Hall–Kier alpha value is -1.29. The summed E-state index contributed by atoms with van der Waals surface area (Å²) in [6.45, 7) is 4.76. The number of aromatic amines is 1. The minimum atomic E-state index is -0.0907. The first-order chi connectivity index (χ1) is 7.18. The van der Waals surface area contributed by atoms with Gasteiger partial charge in [0.15, 0.2) is 0 Å². The molecule has 15 heavy (non-hydrogen) atoms. The lowest BCUT2D eigenvalue weighted by Crippen LogP contribution is -2.56. The molecule has 1 amide bonds. The van der Waals surface area contributed by atoms with Gasteiger partial charge in [-0.2, -0.15) is 0 Å². The van der Waals surface area contributed by atoms with Crippen molar-refractivity contribution in [1.29, 1.82) is 0 Å². The van der Waals surface area contributed by atoms with Gasteiger partial charge in [-0.1, -0.05) is 13.8 Å². The Morgan fingerprint density at radius 2 is 2.27 bits per heavy atom. The van der Waals surface area contributed by atoms with Gasteiger partial charge in [0, 0.05) is 18.4 Å². The Labute approximate surface area is 89.5 Å². The highest BCUT2D eigenvalue weighted by Crippen LogP contribution is 2.16. The zero-order valence-electron chi connectivity index (χ0n) is 9.08. The predicted octanol–water partition coefficient (Wildman–Crippen LogP) is 0.800. The van der Waals surface area contributed by atoms with Gasteiger partial charge >= 0.3 is 0 Å². The lowest BCUT2D eigenvalue weighted by atomic mass is 9.99. The van der Waals surface area contributed by atoms with Gasteiger partial charge in [-0.15, -0.1) is 0 Å². The number of rotatable bonds is 2. The van der Waals surface area contributed by atoms with E-state index >= 15 is 0 Å². The molecule has 1 aliphatic rings. The maximum absolute atomic E-state index is 11.6. The molecule has 0 aromatic carbocycles. The molecule has 2 heterocycles. The van der Waals surface area contributed by atoms with Gasteiger partial charge in [-0.3, -0.25) is 10.1 Å². The summed E-state index contributed by atoms with van der Waals surface area (Å²) in [5, 5.41) is 6.29. The number of carbonyl (C=O) groups excluding carboxylic acids is 1. The zero-order valence-corrected chi connectivity index (χ0v) is 9.08. The van der Waals surface area contributed by atoms with Gasteiger partial charge < -0.3 is 10.3 Å². The van der Waals surface area contributed by atoms with Gasteiger partial charge in [-0.05, 0) is 18.1 Å². The summed E-state index contributed by atoms with van der Waals surface area (Å²) in [7, 11) is 0. The summed E-state index contributed by atoms with van der Waals surface area (Å²) in [6.07, 6.45) is 1.90. The monoisotopic (exact) mass is 207 g/mol. The number of nitrogens with one attached hydrogen (secondary N) is 3. The first kappa shape index (κ1) is 10.2. The third kappa shape index (κ3) is 2.04. The van der Waals surface area contributed by atoms with E-state index in [9.17, 15) is 4.79 Å². The molecule has 3 N–H and O–H groups in total. The Kier molecular flexibility index (Phi) is 2.77. The summed E-state index contributed by atoms with van der Waals surface area (Å²) in [5.74, 6) is 0.413. The molecule has 0 bridgehead atoms. The molecule has 1 aliphatic heterocycles. The molecule has 0 saturated carbocycles.